The average Bonchev–Trinajstić information content (AvgIpc) is 2.20. The van der Waals surface area contributed by atoms with Gasteiger partial charge in [0.2, 0.25) is 0 Å². The number of halogens is 1. The molecule has 1 aromatic carbocycles. The Labute approximate surface area is 96.8 Å². The molecule has 0 spiro atoms. The number of nitro groups is 1. The van der Waals surface area contributed by atoms with Crippen molar-refractivity contribution in [2.24, 2.45) is 0 Å². The zero-order valence-corrected chi connectivity index (χ0v) is 9.87. The third-order valence-electron chi connectivity index (χ3n) is 1.79. The van der Waals surface area contributed by atoms with Crippen LogP contribution in [0.1, 0.15) is 17.5 Å². The van der Waals surface area contributed by atoms with E-state index < -0.39 is 4.92 Å². The van der Waals surface area contributed by atoms with Crippen LogP contribution < -0.4 is 0 Å². The van der Waals surface area contributed by atoms with Gasteiger partial charge in [0.15, 0.2) is 0 Å². The maximum absolute atomic E-state index is 10.7. The van der Waals surface area contributed by atoms with Crippen molar-refractivity contribution >= 4 is 21.6 Å². The zero-order valence-electron chi connectivity index (χ0n) is 8.29. The van der Waals surface area contributed by atoms with E-state index >= 15 is 0 Å². The minimum absolute atomic E-state index is 0.0806. The predicted octanol–water partition coefficient (Wildman–Crippen LogP) is 3.04. The smallest absolute Gasteiger partial charge is 0.258 e. The predicted molar refractivity (Wildman–Crippen MR) is 63.1 cm³/mol. The normalized spacial score (nSPS) is 9.20. The number of nitrogens with zero attached hydrogens (tertiary/aromatic N) is 1. The van der Waals surface area contributed by atoms with Crippen molar-refractivity contribution in [1.29, 1.82) is 0 Å². The minimum Gasteiger partial charge on any atom is -0.258 e. The molecule has 0 saturated heterocycles. The first-order valence-corrected chi connectivity index (χ1v) is 5.57. The summed E-state index contributed by atoms with van der Waals surface area (Å²) in [7, 11) is 0. The highest BCUT2D eigenvalue weighted by atomic mass is 79.9. The Bertz CT molecular complexity index is 432. The average molecular weight is 268 g/mol. The zero-order chi connectivity index (χ0) is 11.3. The molecule has 0 amide bonds. The van der Waals surface area contributed by atoms with Crippen LogP contribution in [-0.4, -0.2) is 10.3 Å². The lowest BCUT2D eigenvalue weighted by Crippen LogP contribution is -1.92. The van der Waals surface area contributed by atoms with E-state index in [-0.39, 0.29) is 5.69 Å². The third kappa shape index (κ3) is 3.37. The first-order valence-electron chi connectivity index (χ1n) is 4.45. The molecule has 0 aliphatic rings. The van der Waals surface area contributed by atoms with E-state index in [1.54, 1.807) is 6.07 Å². The van der Waals surface area contributed by atoms with Gasteiger partial charge in [0, 0.05) is 17.8 Å². The molecule has 1 aromatic rings. The molecule has 4 heteroatoms. The third-order valence-corrected chi connectivity index (χ3v) is 2.19. The van der Waals surface area contributed by atoms with Gasteiger partial charge in [-0.1, -0.05) is 33.8 Å². The fourth-order valence-corrected chi connectivity index (χ4v) is 1.30. The van der Waals surface area contributed by atoms with Crippen LogP contribution in [0.3, 0.4) is 0 Å². The lowest BCUT2D eigenvalue weighted by atomic mass is 10.1. The summed E-state index contributed by atoms with van der Waals surface area (Å²) in [5, 5.41) is 11.5. The van der Waals surface area contributed by atoms with Crippen LogP contribution in [-0.2, 0) is 0 Å². The topological polar surface area (TPSA) is 43.1 Å². The van der Waals surface area contributed by atoms with Gasteiger partial charge in [-0.05, 0) is 18.6 Å². The molecule has 15 heavy (non-hydrogen) atoms. The summed E-state index contributed by atoms with van der Waals surface area (Å²) in [6.07, 6.45) is 0.686. The van der Waals surface area contributed by atoms with Gasteiger partial charge in [0.05, 0.1) is 4.92 Å². The molecular formula is C11H10BrNO2. The molecule has 1 rings (SSSR count). The number of benzene rings is 1. The van der Waals surface area contributed by atoms with Crippen LogP contribution in [0.4, 0.5) is 5.69 Å². The second kappa shape index (κ2) is 5.52. The van der Waals surface area contributed by atoms with E-state index in [4.69, 9.17) is 0 Å². The van der Waals surface area contributed by atoms with Crippen molar-refractivity contribution in [2.75, 3.05) is 5.33 Å². The molecule has 0 aliphatic heterocycles. The van der Waals surface area contributed by atoms with Gasteiger partial charge in [0.25, 0.3) is 5.69 Å². The summed E-state index contributed by atoms with van der Waals surface area (Å²) in [6.45, 7) is 1.82. The van der Waals surface area contributed by atoms with Crippen LogP contribution in [0.15, 0.2) is 18.2 Å². The quantitative estimate of drug-likeness (QED) is 0.358. The summed E-state index contributed by atoms with van der Waals surface area (Å²) in [5.41, 5.74) is 1.43. The Morgan fingerprint density at radius 1 is 1.53 bits per heavy atom. The molecular weight excluding hydrogens is 258 g/mol. The first-order chi connectivity index (χ1) is 7.15. The highest BCUT2D eigenvalue weighted by Crippen LogP contribution is 2.18. The van der Waals surface area contributed by atoms with Crippen molar-refractivity contribution in [3.8, 4) is 11.8 Å². The molecule has 78 valence electrons. The highest BCUT2D eigenvalue weighted by Gasteiger charge is 2.11. The number of alkyl halides is 1. The fraction of sp³-hybridized carbons (Fsp3) is 0.273. The van der Waals surface area contributed by atoms with E-state index in [9.17, 15) is 10.1 Å². The van der Waals surface area contributed by atoms with Gasteiger partial charge >= 0.3 is 0 Å². The molecule has 0 fully saturated rings. The molecule has 0 radical (unpaired) electrons. The molecule has 0 saturated carbocycles. The number of hydrogen-bond acceptors (Lipinski definition) is 2. The minimum atomic E-state index is -0.398. The largest absolute Gasteiger partial charge is 0.285 e. The molecule has 0 atom stereocenters. The second-order valence-corrected chi connectivity index (χ2v) is 3.81. The van der Waals surface area contributed by atoms with E-state index in [0.29, 0.717) is 12.0 Å². The molecule has 0 bridgehead atoms. The standard InChI is InChI=1S/C11H10BrNO2/c1-9-5-6-10(4-2-3-7-12)11(8-9)13(14)15/h5-6,8H,3,7H2,1H3. The Kier molecular flexibility index (Phi) is 4.32. The van der Waals surface area contributed by atoms with Gasteiger partial charge in [0.1, 0.15) is 5.56 Å². The molecule has 0 N–H and O–H groups in total. The van der Waals surface area contributed by atoms with E-state index in [2.05, 4.69) is 27.8 Å². The van der Waals surface area contributed by atoms with Gasteiger partial charge < -0.3 is 0 Å². The fourth-order valence-electron chi connectivity index (χ4n) is 1.10. The van der Waals surface area contributed by atoms with E-state index in [1.807, 2.05) is 13.0 Å². The highest BCUT2D eigenvalue weighted by molar-refractivity contribution is 9.09. The summed E-state index contributed by atoms with van der Waals surface area (Å²) in [5.74, 6) is 5.67. The second-order valence-electron chi connectivity index (χ2n) is 3.02. The summed E-state index contributed by atoms with van der Waals surface area (Å²) in [4.78, 5) is 10.3. The lowest BCUT2D eigenvalue weighted by molar-refractivity contribution is -0.385. The Morgan fingerprint density at radius 3 is 2.87 bits per heavy atom. The molecule has 0 aliphatic carbocycles. The van der Waals surface area contributed by atoms with Gasteiger partial charge in [-0.25, -0.2) is 0 Å². The Hall–Kier alpha value is -1.34. The maximum atomic E-state index is 10.7. The number of hydrogen-bond donors (Lipinski definition) is 0. The summed E-state index contributed by atoms with van der Waals surface area (Å²) < 4.78 is 0. The molecule has 0 aromatic heterocycles. The lowest BCUT2D eigenvalue weighted by Gasteiger charge is -1.96. The van der Waals surface area contributed by atoms with Crippen LogP contribution in [0, 0.1) is 28.9 Å². The van der Waals surface area contributed by atoms with E-state index in [0.717, 1.165) is 10.9 Å². The van der Waals surface area contributed by atoms with Gasteiger partial charge in [-0.15, -0.1) is 0 Å². The summed E-state index contributed by atoms with van der Waals surface area (Å²) in [6, 6.07) is 5.05. The Balaban J connectivity index is 3.08. The Morgan fingerprint density at radius 2 is 2.27 bits per heavy atom. The van der Waals surface area contributed by atoms with Gasteiger partial charge in [-0.3, -0.25) is 10.1 Å². The maximum Gasteiger partial charge on any atom is 0.285 e. The number of rotatable bonds is 2. The van der Waals surface area contributed by atoms with Crippen LogP contribution in [0.2, 0.25) is 0 Å². The molecule has 0 unspecified atom stereocenters. The van der Waals surface area contributed by atoms with E-state index in [1.165, 1.54) is 6.07 Å². The van der Waals surface area contributed by atoms with Crippen molar-refractivity contribution in [3.05, 3.63) is 39.4 Å². The first kappa shape index (κ1) is 11.7. The monoisotopic (exact) mass is 267 g/mol. The SMILES string of the molecule is Cc1ccc(C#CCCBr)c([N+](=O)[O-])c1. The number of aryl methyl sites for hydroxylation is 1. The van der Waals surface area contributed by atoms with Crippen molar-refractivity contribution in [1.82, 2.24) is 0 Å². The summed E-state index contributed by atoms with van der Waals surface area (Å²) >= 11 is 3.25. The van der Waals surface area contributed by atoms with Gasteiger partial charge in [-0.2, -0.15) is 0 Å². The van der Waals surface area contributed by atoms with Crippen molar-refractivity contribution in [3.63, 3.8) is 0 Å². The molecule has 3 nitrogen and oxygen atoms in total. The number of nitro benzene ring substituents is 1. The molecule has 0 heterocycles. The van der Waals surface area contributed by atoms with Crippen LogP contribution >= 0.6 is 15.9 Å². The van der Waals surface area contributed by atoms with Crippen LogP contribution in [0.5, 0.6) is 0 Å². The van der Waals surface area contributed by atoms with Crippen molar-refractivity contribution in [2.45, 2.75) is 13.3 Å². The van der Waals surface area contributed by atoms with Crippen LogP contribution in [0.25, 0.3) is 0 Å². The van der Waals surface area contributed by atoms with Crippen molar-refractivity contribution < 1.29 is 4.92 Å².